The molecule has 0 radical (unpaired) electrons. The molecule has 1 heterocycles. The van der Waals surface area contributed by atoms with Gasteiger partial charge in [-0.3, -0.25) is 0 Å². The second kappa shape index (κ2) is 5.65. The van der Waals surface area contributed by atoms with E-state index in [0.717, 1.165) is 25.7 Å². The molecular weight excluding hydrogens is 212 g/mol. The van der Waals surface area contributed by atoms with Gasteiger partial charge in [0.25, 0.3) is 0 Å². The molecule has 1 aromatic heterocycles. The van der Waals surface area contributed by atoms with Crippen LogP contribution < -0.4 is 5.32 Å². The van der Waals surface area contributed by atoms with Crippen LogP contribution in [0, 0.1) is 0 Å². The Labute approximate surface area is 104 Å². The Hall–Kier alpha value is -0.870. The number of hydrogen-bond acceptors (Lipinski definition) is 3. The number of imidazole rings is 1. The molecule has 1 saturated carbocycles. The Morgan fingerprint density at radius 3 is 2.94 bits per heavy atom. The molecule has 1 aliphatic carbocycles. The summed E-state index contributed by atoms with van der Waals surface area (Å²) in [5.41, 5.74) is 1.28. The summed E-state index contributed by atoms with van der Waals surface area (Å²) in [6, 6.07) is 1.36. The average molecular weight is 236 g/mol. The Kier molecular flexibility index (Phi) is 4.18. The lowest BCUT2D eigenvalue weighted by molar-refractivity contribution is 0.307. The Balaban J connectivity index is 1.80. The lowest BCUT2D eigenvalue weighted by Gasteiger charge is -2.17. The van der Waals surface area contributed by atoms with Crippen LogP contribution in [0.4, 0.5) is 0 Å². The van der Waals surface area contributed by atoms with Crippen molar-refractivity contribution in [3.63, 3.8) is 0 Å². The maximum atomic E-state index is 4.24. The van der Waals surface area contributed by atoms with Gasteiger partial charge in [0.15, 0.2) is 0 Å². The van der Waals surface area contributed by atoms with Crippen molar-refractivity contribution in [1.82, 2.24) is 19.8 Å². The smallest absolute Gasteiger partial charge is 0.0949 e. The van der Waals surface area contributed by atoms with Gasteiger partial charge in [0, 0.05) is 37.9 Å². The molecule has 0 bridgehead atoms. The van der Waals surface area contributed by atoms with Gasteiger partial charge in [0.2, 0.25) is 0 Å². The van der Waals surface area contributed by atoms with E-state index in [0.29, 0.717) is 6.04 Å². The van der Waals surface area contributed by atoms with Crippen LogP contribution in [0.15, 0.2) is 12.5 Å². The zero-order valence-electron chi connectivity index (χ0n) is 11.2. The van der Waals surface area contributed by atoms with E-state index >= 15 is 0 Å². The van der Waals surface area contributed by atoms with Crippen molar-refractivity contribution in [3.8, 4) is 0 Å². The van der Waals surface area contributed by atoms with E-state index < -0.39 is 0 Å². The standard InChI is InChI=1S/C13H24N4/c1-11(2)15-9-13-8-14-10-17(13)7-6-16(3)12-4-5-12/h8,10-12,15H,4-7,9H2,1-3H3. The lowest BCUT2D eigenvalue weighted by atomic mass is 10.3. The molecule has 0 spiro atoms. The maximum absolute atomic E-state index is 4.24. The zero-order valence-corrected chi connectivity index (χ0v) is 11.2. The molecule has 0 atom stereocenters. The van der Waals surface area contributed by atoms with Gasteiger partial charge in [-0.2, -0.15) is 0 Å². The van der Waals surface area contributed by atoms with E-state index in [2.05, 4.69) is 40.7 Å². The van der Waals surface area contributed by atoms with Gasteiger partial charge in [0.05, 0.1) is 12.0 Å². The Morgan fingerprint density at radius 2 is 2.29 bits per heavy atom. The summed E-state index contributed by atoms with van der Waals surface area (Å²) in [6.45, 7) is 7.41. The molecule has 0 unspecified atom stereocenters. The predicted octanol–water partition coefficient (Wildman–Crippen LogP) is 1.48. The van der Waals surface area contributed by atoms with Crippen LogP contribution in [-0.4, -0.2) is 40.1 Å². The van der Waals surface area contributed by atoms with Crippen LogP contribution in [0.1, 0.15) is 32.4 Å². The third-order valence-corrected chi connectivity index (χ3v) is 3.35. The van der Waals surface area contributed by atoms with Gasteiger partial charge < -0.3 is 14.8 Å². The number of likely N-dealkylation sites (N-methyl/N-ethyl adjacent to an activating group) is 1. The van der Waals surface area contributed by atoms with Gasteiger partial charge in [-0.05, 0) is 19.9 Å². The fraction of sp³-hybridized carbons (Fsp3) is 0.769. The highest BCUT2D eigenvalue weighted by atomic mass is 15.2. The van der Waals surface area contributed by atoms with Crippen LogP contribution in [0.25, 0.3) is 0 Å². The second-order valence-electron chi connectivity index (χ2n) is 5.33. The molecule has 1 fully saturated rings. The maximum Gasteiger partial charge on any atom is 0.0949 e. The summed E-state index contributed by atoms with van der Waals surface area (Å²) in [6.07, 6.45) is 6.66. The van der Waals surface area contributed by atoms with Crippen molar-refractivity contribution in [2.45, 2.75) is 51.9 Å². The van der Waals surface area contributed by atoms with Crippen molar-refractivity contribution >= 4 is 0 Å². The average Bonchev–Trinajstić information content (AvgIpc) is 3.04. The largest absolute Gasteiger partial charge is 0.332 e. The molecule has 0 aromatic carbocycles. The molecule has 1 N–H and O–H groups in total. The zero-order chi connectivity index (χ0) is 12.3. The van der Waals surface area contributed by atoms with E-state index in [1.165, 1.54) is 18.5 Å². The van der Waals surface area contributed by atoms with Crippen molar-refractivity contribution in [3.05, 3.63) is 18.2 Å². The highest BCUT2D eigenvalue weighted by Crippen LogP contribution is 2.24. The van der Waals surface area contributed by atoms with Gasteiger partial charge in [-0.25, -0.2) is 4.98 Å². The molecule has 0 aliphatic heterocycles. The van der Waals surface area contributed by atoms with Crippen LogP contribution in [0.2, 0.25) is 0 Å². The minimum absolute atomic E-state index is 0.521. The van der Waals surface area contributed by atoms with Crippen LogP contribution in [0.5, 0.6) is 0 Å². The van der Waals surface area contributed by atoms with Crippen molar-refractivity contribution in [2.24, 2.45) is 0 Å². The summed E-state index contributed by atoms with van der Waals surface area (Å²) in [5, 5.41) is 3.44. The third kappa shape index (κ3) is 3.82. The Morgan fingerprint density at radius 1 is 1.53 bits per heavy atom. The SMILES string of the molecule is CC(C)NCc1cncn1CCN(C)C1CC1. The number of hydrogen-bond donors (Lipinski definition) is 1. The molecule has 2 rings (SSSR count). The molecule has 0 saturated heterocycles. The number of nitrogens with zero attached hydrogens (tertiary/aromatic N) is 3. The van der Waals surface area contributed by atoms with Gasteiger partial charge in [-0.1, -0.05) is 13.8 Å². The van der Waals surface area contributed by atoms with E-state index in [9.17, 15) is 0 Å². The molecule has 0 amide bonds. The number of rotatable bonds is 7. The summed E-state index contributed by atoms with van der Waals surface area (Å²) < 4.78 is 2.26. The van der Waals surface area contributed by atoms with Crippen molar-refractivity contribution in [1.29, 1.82) is 0 Å². The minimum atomic E-state index is 0.521. The van der Waals surface area contributed by atoms with E-state index in [1.54, 1.807) is 0 Å². The van der Waals surface area contributed by atoms with Crippen LogP contribution in [0.3, 0.4) is 0 Å². The summed E-state index contributed by atoms with van der Waals surface area (Å²) in [7, 11) is 2.22. The van der Waals surface area contributed by atoms with Crippen molar-refractivity contribution in [2.75, 3.05) is 13.6 Å². The van der Waals surface area contributed by atoms with E-state index in [1.807, 2.05) is 12.5 Å². The molecule has 96 valence electrons. The van der Waals surface area contributed by atoms with Crippen LogP contribution in [-0.2, 0) is 13.1 Å². The first-order valence-electron chi connectivity index (χ1n) is 6.59. The van der Waals surface area contributed by atoms with Gasteiger partial charge in [-0.15, -0.1) is 0 Å². The highest BCUT2D eigenvalue weighted by molar-refractivity contribution is 4.98. The molecule has 4 nitrogen and oxygen atoms in total. The third-order valence-electron chi connectivity index (χ3n) is 3.35. The molecule has 1 aromatic rings. The minimum Gasteiger partial charge on any atom is -0.332 e. The predicted molar refractivity (Wildman–Crippen MR) is 69.9 cm³/mol. The summed E-state index contributed by atoms with van der Waals surface area (Å²) in [5.74, 6) is 0. The Bertz CT molecular complexity index is 341. The molecule has 17 heavy (non-hydrogen) atoms. The summed E-state index contributed by atoms with van der Waals surface area (Å²) >= 11 is 0. The lowest BCUT2D eigenvalue weighted by Crippen LogP contribution is -2.27. The second-order valence-corrected chi connectivity index (χ2v) is 5.33. The van der Waals surface area contributed by atoms with Gasteiger partial charge in [0.1, 0.15) is 0 Å². The first kappa shape index (κ1) is 12.6. The van der Waals surface area contributed by atoms with E-state index in [-0.39, 0.29) is 0 Å². The quantitative estimate of drug-likeness (QED) is 0.778. The topological polar surface area (TPSA) is 33.1 Å². The highest BCUT2D eigenvalue weighted by Gasteiger charge is 2.25. The first-order valence-corrected chi connectivity index (χ1v) is 6.59. The normalized spacial score (nSPS) is 16.1. The number of aromatic nitrogens is 2. The fourth-order valence-corrected chi connectivity index (χ4v) is 1.97. The molecular formula is C13H24N4. The number of nitrogens with one attached hydrogen (secondary N) is 1. The van der Waals surface area contributed by atoms with Crippen LogP contribution >= 0.6 is 0 Å². The van der Waals surface area contributed by atoms with E-state index in [4.69, 9.17) is 0 Å². The van der Waals surface area contributed by atoms with Crippen molar-refractivity contribution < 1.29 is 0 Å². The molecule has 1 aliphatic rings. The fourth-order valence-electron chi connectivity index (χ4n) is 1.97. The van der Waals surface area contributed by atoms with Gasteiger partial charge >= 0.3 is 0 Å². The monoisotopic (exact) mass is 236 g/mol. The molecule has 4 heteroatoms. The summed E-state index contributed by atoms with van der Waals surface area (Å²) in [4.78, 5) is 6.70. The first-order chi connectivity index (χ1) is 8.16.